The van der Waals surface area contributed by atoms with E-state index in [1.165, 1.54) is 0 Å². The molecule has 1 aliphatic rings. The zero-order valence-corrected chi connectivity index (χ0v) is 11.8. The van der Waals surface area contributed by atoms with E-state index in [2.05, 4.69) is 10.4 Å². The average Bonchev–Trinajstić information content (AvgIpc) is 3.09. The van der Waals surface area contributed by atoms with Crippen LogP contribution in [0.5, 0.6) is 0 Å². The van der Waals surface area contributed by atoms with Crippen molar-refractivity contribution < 1.29 is 4.79 Å². The van der Waals surface area contributed by atoms with Gasteiger partial charge in [0.05, 0.1) is 11.4 Å². The molecule has 2 aromatic rings. The molecule has 1 aliphatic carbocycles. The molecule has 6 heteroatoms. The summed E-state index contributed by atoms with van der Waals surface area (Å²) in [6.07, 6.45) is 6.01. The van der Waals surface area contributed by atoms with Gasteiger partial charge in [0, 0.05) is 37.6 Å². The van der Waals surface area contributed by atoms with Gasteiger partial charge in [-0.25, -0.2) is 0 Å². The number of anilines is 1. The van der Waals surface area contributed by atoms with Crippen molar-refractivity contribution in [2.75, 3.05) is 5.73 Å². The Labute approximate surface area is 117 Å². The van der Waals surface area contributed by atoms with Gasteiger partial charge in [-0.1, -0.05) is 0 Å². The summed E-state index contributed by atoms with van der Waals surface area (Å²) < 4.78 is 3.74. The van der Waals surface area contributed by atoms with Gasteiger partial charge in [0.2, 0.25) is 0 Å². The molecule has 6 nitrogen and oxygen atoms in total. The summed E-state index contributed by atoms with van der Waals surface area (Å²) in [4.78, 5) is 12.3. The summed E-state index contributed by atoms with van der Waals surface area (Å²) >= 11 is 0. The molecule has 0 spiro atoms. The Kier molecular flexibility index (Phi) is 3.00. The number of hydrogen-bond acceptors (Lipinski definition) is 3. The molecule has 2 heterocycles. The average molecular weight is 273 g/mol. The molecule has 1 amide bonds. The molecule has 0 atom stereocenters. The number of hydrogen-bond donors (Lipinski definition) is 2. The molecule has 1 fully saturated rings. The number of nitrogens with two attached hydrogens (primary N) is 1. The second-order valence-electron chi connectivity index (χ2n) is 5.39. The monoisotopic (exact) mass is 273 g/mol. The molecule has 0 unspecified atom stereocenters. The molecule has 20 heavy (non-hydrogen) atoms. The number of carbonyl (C=O) groups excluding carboxylic acids is 1. The fourth-order valence-electron chi connectivity index (χ4n) is 2.43. The lowest BCUT2D eigenvalue weighted by Crippen LogP contribution is -2.25. The number of aryl methyl sites for hydroxylation is 2. The van der Waals surface area contributed by atoms with Crippen LogP contribution < -0.4 is 11.1 Å². The molecular weight excluding hydrogens is 254 g/mol. The Balaban J connectivity index is 1.72. The van der Waals surface area contributed by atoms with Crippen LogP contribution >= 0.6 is 0 Å². The highest BCUT2D eigenvalue weighted by Gasteiger charge is 2.27. The minimum atomic E-state index is -0.0862. The zero-order valence-electron chi connectivity index (χ0n) is 11.8. The van der Waals surface area contributed by atoms with Gasteiger partial charge in [-0.05, 0) is 25.8 Å². The zero-order chi connectivity index (χ0) is 14.3. The molecular formula is C14H19N5O. The van der Waals surface area contributed by atoms with Crippen molar-refractivity contribution in [2.45, 2.75) is 32.4 Å². The van der Waals surface area contributed by atoms with Gasteiger partial charge >= 0.3 is 0 Å². The predicted molar refractivity (Wildman–Crippen MR) is 76.2 cm³/mol. The molecule has 3 rings (SSSR count). The van der Waals surface area contributed by atoms with E-state index in [0.29, 0.717) is 24.0 Å². The van der Waals surface area contributed by atoms with Gasteiger partial charge in [-0.2, -0.15) is 5.10 Å². The topological polar surface area (TPSA) is 77.9 Å². The summed E-state index contributed by atoms with van der Waals surface area (Å²) in [5, 5.41) is 7.20. The first-order valence-electron chi connectivity index (χ1n) is 6.79. The highest BCUT2D eigenvalue weighted by Crippen LogP contribution is 2.37. The maximum atomic E-state index is 12.3. The summed E-state index contributed by atoms with van der Waals surface area (Å²) in [6.45, 7) is 2.42. The van der Waals surface area contributed by atoms with Gasteiger partial charge in [-0.3, -0.25) is 9.48 Å². The third kappa shape index (κ3) is 2.41. The minimum absolute atomic E-state index is 0.0862. The highest BCUT2D eigenvalue weighted by molar-refractivity contribution is 5.93. The first-order chi connectivity index (χ1) is 9.54. The van der Waals surface area contributed by atoms with E-state index in [0.717, 1.165) is 24.1 Å². The quantitative estimate of drug-likeness (QED) is 0.883. The van der Waals surface area contributed by atoms with Crippen molar-refractivity contribution in [1.82, 2.24) is 19.7 Å². The van der Waals surface area contributed by atoms with Crippen LogP contribution in [0.4, 0.5) is 5.69 Å². The number of rotatable bonds is 4. The van der Waals surface area contributed by atoms with Crippen LogP contribution in [0, 0.1) is 6.92 Å². The third-order valence-corrected chi connectivity index (χ3v) is 3.60. The number of amides is 1. The summed E-state index contributed by atoms with van der Waals surface area (Å²) in [7, 11) is 1.87. The van der Waals surface area contributed by atoms with Crippen LogP contribution in [0.1, 0.15) is 40.6 Å². The summed E-state index contributed by atoms with van der Waals surface area (Å²) in [6, 6.07) is 2.18. The largest absolute Gasteiger partial charge is 0.397 e. The normalized spacial score (nSPS) is 14.5. The van der Waals surface area contributed by atoms with Crippen LogP contribution in [0.3, 0.4) is 0 Å². The number of nitrogen functional groups attached to an aromatic ring is 1. The Hall–Kier alpha value is -2.24. The Morgan fingerprint density at radius 2 is 2.25 bits per heavy atom. The van der Waals surface area contributed by atoms with E-state index in [-0.39, 0.29) is 5.91 Å². The van der Waals surface area contributed by atoms with Crippen molar-refractivity contribution in [2.24, 2.45) is 7.05 Å². The van der Waals surface area contributed by atoms with Crippen LogP contribution in [0.2, 0.25) is 0 Å². The lowest BCUT2D eigenvalue weighted by molar-refractivity contribution is 0.0941. The van der Waals surface area contributed by atoms with Crippen LogP contribution in [0.25, 0.3) is 0 Å². The van der Waals surface area contributed by atoms with Crippen molar-refractivity contribution in [1.29, 1.82) is 0 Å². The highest BCUT2D eigenvalue weighted by atomic mass is 16.1. The van der Waals surface area contributed by atoms with E-state index in [1.807, 2.05) is 30.9 Å². The lowest BCUT2D eigenvalue weighted by Gasteiger charge is -2.08. The standard InChI is InChI=1S/C14H19N5O/c1-9-10(7-18(2)17-9)6-16-14(20)13-5-11(15)8-19(13)12-3-4-12/h5,7-8,12H,3-4,6,15H2,1-2H3,(H,16,20). The number of carbonyl (C=O) groups is 1. The van der Waals surface area contributed by atoms with Crippen LogP contribution in [-0.2, 0) is 13.6 Å². The Morgan fingerprint density at radius 1 is 1.50 bits per heavy atom. The van der Waals surface area contributed by atoms with Crippen LogP contribution in [-0.4, -0.2) is 20.3 Å². The molecule has 3 N–H and O–H groups in total. The summed E-state index contributed by atoms with van der Waals surface area (Å²) in [5.74, 6) is -0.0862. The Morgan fingerprint density at radius 3 is 2.85 bits per heavy atom. The smallest absolute Gasteiger partial charge is 0.268 e. The maximum absolute atomic E-state index is 12.3. The Bertz CT molecular complexity index is 651. The van der Waals surface area contributed by atoms with Gasteiger partial charge in [0.15, 0.2) is 0 Å². The molecule has 0 radical (unpaired) electrons. The number of nitrogens with zero attached hydrogens (tertiary/aromatic N) is 3. The predicted octanol–water partition coefficient (Wildman–Crippen LogP) is 1.38. The second kappa shape index (κ2) is 4.70. The van der Waals surface area contributed by atoms with E-state index >= 15 is 0 Å². The number of nitrogens with one attached hydrogen (secondary N) is 1. The molecule has 2 aromatic heterocycles. The SMILES string of the molecule is Cc1nn(C)cc1CNC(=O)c1cc(N)cn1C1CC1. The van der Waals surface area contributed by atoms with Gasteiger partial charge in [0.1, 0.15) is 5.69 Å². The van der Waals surface area contributed by atoms with E-state index in [9.17, 15) is 4.79 Å². The van der Waals surface area contributed by atoms with Crippen molar-refractivity contribution in [3.63, 3.8) is 0 Å². The number of aromatic nitrogens is 3. The van der Waals surface area contributed by atoms with Crippen molar-refractivity contribution >= 4 is 11.6 Å². The molecule has 0 aromatic carbocycles. The van der Waals surface area contributed by atoms with E-state index in [1.54, 1.807) is 10.7 Å². The lowest BCUT2D eigenvalue weighted by atomic mass is 10.2. The van der Waals surface area contributed by atoms with Crippen molar-refractivity contribution in [3.05, 3.63) is 35.4 Å². The van der Waals surface area contributed by atoms with Gasteiger partial charge in [0.25, 0.3) is 5.91 Å². The molecule has 0 saturated heterocycles. The maximum Gasteiger partial charge on any atom is 0.268 e. The van der Waals surface area contributed by atoms with Crippen LogP contribution in [0.15, 0.2) is 18.5 Å². The first-order valence-corrected chi connectivity index (χ1v) is 6.79. The molecule has 0 bridgehead atoms. The first kappa shape index (κ1) is 12.8. The van der Waals surface area contributed by atoms with Gasteiger partial charge < -0.3 is 15.6 Å². The molecule has 0 aliphatic heterocycles. The fraction of sp³-hybridized carbons (Fsp3) is 0.429. The minimum Gasteiger partial charge on any atom is -0.397 e. The fourth-order valence-corrected chi connectivity index (χ4v) is 2.43. The second-order valence-corrected chi connectivity index (χ2v) is 5.39. The third-order valence-electron chi connectivity index (χ3n) is 3.60. The summed E-state index contributed by atoms with van der Waals surface area (Å²) in [5.41, 5.74) is 9.05. The molecule has 106 valence electrons. The van der Waals surface area contributed by atoms with E-state index in [4.69, 9.17) is 5.73 Å². The van der Waals surface area contributed by atoms with E-state index < -0.39 is 0 Å². The van der Waals surface area contributed by atoms with Crippen molar-refractivity contribution in [3.8, 4) is 0 Å². The van der Waals surface area contributed by atoms with Gasteiger partial charge in [-0.15, -0.1) is 0 Å². The molecule has 1 saturated carbocycles.